The summed E-state index contributed by atoms with van der Waals surface area (Å²) in [6, 6.07) is 9.27. The van der Waals surface area contributed by atoms with E-state index >= 15 is 0 Å². The number of nitrogens with one attached hydrogen (secondary N) is 1. The van der Waals surface area contributed by atoms with Crippen LogP contribution in [0.2, 0.25) is 0 Å². The van der Waals surface area contributed by atoms with Crippen LogP contribution < -0.4 is 5.32 Å². The first kappa shape index (κ1) is 22.5. The van der Waals surface area contributed by atoms with E-state index in [1.807, 2.05) is 0 Å². The van der Waals surface area contributed by atoms with Gasteiger partial charge in [-0.15, -0.1) is 0 Å². The Morgan fingerprint density at radius 1 is 1.10 bits per heavy atom. The average Bonchev–Trinajstić information content (AvgIpc) is 2.67. The predicted octanol–water partition coefficient (Wildman–Crippen LogP) is 2.55. The molecule has 0 saturated heterocycles. The number of non-ortho nitro benzene ring substituents is 1. The molecule has 2 unspecified atom stereocenters. The van der Waals surface area contributed by atoms with Gasteiger partial charge < -0.3 is 10.1 Å². The summed E-state index contributed by atoms with van der Waals surface area (Å²) in [6.45, 7) is 1.19. The highest BCUT2D eigenvalue weighted by molar-refractivity contribution is 9.10. The third-order valence-electron chi connectivity index (χ3n) is 4.03. The molecule has 9 nitrogen and oxygen atoms in total. The van der Waals surface area contributed by atoms with Crippen molar-refractivity contribution in [1.29, 1.82) is 0 Å². The Morgan fingerprint density at radius 2 is 1.66 bits per heavy atom. The second-order valence-electron chi connectivity index (χ2n) is 5.97. The number of nitro groups is 1. The number of hydrogen-bond donors (Lipinski definition) is 1. The minimum absolute atomic E-state index is 0.301. The zero-order valence-corrected chi connectivity index (χ0v) is 17.8. The zero-order valence-electron chi connectivity index (χ0n) is 15.4. The summed E-state index contributed by atoms with van der Waals surface area (Å²) in [5, 5.41) is 11.5. The Balaban J connectivity index is 2.61. The number of carbonyl (C=O) groups excluding carboxylic acids is 2. The Bertz CT molecular complexity index is 1020. The first-order valence-electron chi connectivity index (χ1n) is 8.16. The number of nitrogens with zero attached hydrogens (tertiary/aromatic N) is 1. The molecule has 0 aliphatic heterocycles. The van der Waals surface area contributed by atoms with Crippen molar-refractivity contribution < 1.29 is 27.7 Å². The lowest BCUT2D eigenvalue weighted by atomic mass is 10.0. The highest BCUT2D eigenvalue weighted by Gasteiger charge is 2.43. The number of carbonyl (C=O) groups is 2. The number of sulfone groups is 1. The maximum atomic E-state index is 13.2. The number of methoxy groups -OCH3 is 1. The molecule has 0 heterocycles. The van der Waals surface area contributed by atoms with Crippen LogP contribution in [0.5, 0.6) is 0 Å². The van der Waals surface area contributed by atoms with Gasteiger partial charge in [-0.1, -0.05) is 28.1 Å². The Kier molecular flexibility index (Phi) is 7.09. The molecule has 1 N–H and O–H groups in total. The van der Waals surface area contributed by atoms with Crippen molar-refractivity contribution in [3.8, 4) is 0 Å². The van der Waals surface area contributed by atoms with E-state index in [-0.39, 0.29) is 10.6 Å². The minimum atomic E-state index is -4.38. The summed E-state index contributed by atoms with van der Waals surface area (Å²) >= 11 is 3.27. The molecule has 1 amide bonds. The van der Waals surface area contributed by atoms with Crippen molar-refractivity contribution >= 4 is 43.3 Å². The third kappa shape index (κ3) is 5.18. The standard InChI is InChI=1S/C18H17BrN2O7S/c1-11(22)20-16(12-3-5-13(19)6-4-12)17(18(23)28-2)29(26,27)15-9-7-14(8-10-15)21(24)25/h3-10,16-17H,1-2H3,(H,20,22). The van der Waals surface area contributed by atoms with Crippen LogP contribution in [0.1, 0.15) is 18.5 Å². The van der Waals surface area contributed by atoms with Crippen LogP contribution in [0, 0.1) is 10.1 Å². The third-order valence-corrected chi connectivity index (χ3v) is 6.63. The maximum absolute atomic E-state index is 13.2. The normalized spacial score (nSPS) is 13.2. The molecule has 0 aliphatic carbocycles. The van der Waals surface area contributed by atoms with E-state index in [0.29, 0.717) is 5.56 Å². The smallest absolute Gasteiger partial charge is 0.326 e. The fraction of sp³-hybridized carbons (Fsp3) is 0.222. The topological polar surface area (TPSA) is 133 Å². The van der Waals surface area contributed by atoms with Gasteiger partial charge in [-0.25, -0.2) is 8.42 Å². The van der Waals surface area contributed by atoms with Crippen molar-refractivity contribution in [2.24, 2.45) is 0 Å². The maximum Gasteiger partial charge on any atom is 0.326 e. The SMILES string of the molecule is COC(=O)C(C(NC(C)=O)c1ccc(Br)cc1)S(=O)(=O)c1ccc([N+](=O)[O-])cc1. The van der Waals surface area contributed by atoms with E-state index in [9.17, 15) is 28.1 Å². The lowest BCUT2D eigenvalue weighted by Gasteiger charge is -2.26. The fourth-order valence-electron chi connectivity index (χ4n) is 2.69. The summed E-state index contributed by atoms with van der Waals surface area (Å²) in [5.41, 5.74) is 0.0641. The number of nitro benzene ring substituents is 1. The second kappa shape index (κ2) is 9.14. The number of esters is 1. The molecule has 0 fully saturated rings. The van der Waals surface area contributed by atoms with Crippen molar-refractivity contribution in [2.75, 3.05) is 7.11 Å². The largest absolute Gasteiger partial charge is 0.468 e. The van der Waals surface area contributed by atoms with Crippen LogP contribution in [0.4, 0.5) is 5.69 Å². The number of ether oxygens (including phenoxy) is 1. The molecule has 2 atom stereocenters. The fourth-order valence-corrected chi connectivity index (χ4v) is 4.69. The highest BCUT2D eigenvalue weighted by atomic mass is 79.9. The molecule has 0 aliphatic rings. The van der Waals surface area contributed by atoms with Gasteiger partial charge in [0.05, 0.1) is 23.0 Å². The molecule has 2 aromatic carbocycles. The summed E-state index contributed by atoms with van der Waals surface area (Å²) in [4.78, 5) is 34.1. The van der Waals surface area contributed by atoms with Crippen molar-refractivity contribution in [3.63, 3.8) is 0 Å². The van der Waals surface area contributed by atoms with Gasteiger partial charge in [0.15, 0.2) is 15.1 Å². The number of hydrogen-bond acceptors (Lipinski definition) is 7. The van der Waals surface area contributed by atoms with Gasteiger partial charge in [-0.05, 0) is 29.8 Å². The highest BCUT2D eigenvalue weighted by Crippen LogP contribution is 2.30. The predicted molar refractivity (Wildman–Crippen MR) is 107 cm³/mol. The van der Waals surface area contributed by atoms with Gasteiger partial charge in [0.1, 0.15) is 0 Å². The quantitative estimate of drug-likeness (QED) is 0.362. The van der Waals surface area contributed by atoms with Gasteiger partial charge >= 0.3 is 5.97 Å². The molecule has 0 radical (unpaired) electrons. The molecule has 11 heteroatoms. The molecule has 29 heavy (non-hydrogen) atoms. The van der Waals surface area contributed by atoms with Crippen molar-refractivity contribution in [2.45, 2.75) is 23.1 Å². The van der Waals surface area contributed by atoms with Crippen LogP contribution >= 0.6 is 15.9 Å². The van der Waals surface area contributed by atoms with Gasteiger partial charge in [0, 0.05) is 23.5 Å². The van der Waals surface area contributed by atoms with Crippen LogP contribution in [0.3, 0.4) is 0 Å². The Hall–Kier alpha value is -2.79. The van der Waals surface area contributed by atoms with E-state index in [1.165, 1.54) is 6.92 Å². The molecule has 0 saturated carbocycles. The van der Waals surface area contributed by atoms with E-state index in [1.54, 1.807) is 24.3 Å². The van der Waals surface area contributed by atoms with Crippen molar-refractivity contribution in [3.05, 3.63) is 68.7 Å². The lowest BCUT2D eigenvalue weighted by molar-refractivity contribution is -0.384. The Morgan fingerprint density at radius 3 is 2.10 bits per heavy atom. The summed E-state index contributed by atoms with van der Waals surface area (Å²) in [6.07, 6.45) is 0. The molecule has 2 aromatic rings. The van der Waals surface area contributed by atoms with Crippen molar-refractivity contribution in [1.82, 2.24) is 5.32 Å². The van der Waals surface area contributed by atoms with Crippen LogP contribution in [0.25, 0.3) is 0 Å². The molecule has 154 valence electrons. The van der Waals surface area contributed by atoms with Gasteiger partial charge in [-0.2, -0.15) is 0 Å². The van der Waals surface area contributed by atoms with Gasteiger partial charge in [0.25, 0.3) is 5.69 Å². The van der Waals surface area contributed by atoms with Gasteiger partial charge in [0.2, 0.25) is 5.91 Å². The first-order chi connectivity index (χ1) is 13.6. The summed E-state index contributed by atoms with van der Waals surface area (Å²) in [7, 11) is -3.35. The van der Waals surface area contributed by atoms with Gasteiger partial charge in [-0.3, -0.25) is 19.7 Å². The molecule has 0 spiro atoms. The number of halogens is 1. The van der Waals surface area contributed by atoms with E-state index in [4.69, 9.17) is 4.74 Å². The van der Waals surface area contributed by atoms with E-state index < -0.39 is 37.9 Å². The lowest BCUT2D eigenvalue weighted by Crippen LogP contribution is -2.44. The monoisotopic (exact) mass is 484 g/mol. The first-order valence-corrected chi connectivity index (χ1v) is 10.5. The van der Waals surface area contributed by atoms with Crippen LogP contribution in [-0.4, -0.2) is 37.6 Å². The molecule has 0 bridgehead atoms. The Labute approximate surface area is 175 Å². The zero-order chi connectivity index (χ0) is 21.8. The number of rotatable bonds is 7. The molecular formula is C18H17BrN2O7S. The van der Waals surface area contributed by atoms with E-state index in [0.717, 1.165) is 35.8 Å². The molecular weight excluding hydrogens is 468 g/mol. The second-order valence-corrected chi connectivity index (χ2v) is 8.95. The summed E-state index contributed by atoms with van der Waals surface area (Å²) < 4.78 is 31.9. The number of amides is 1. The minimum Gasteiger partial charge on any atom is -0.468 e. The number of benzene rings is 2. The molecule has 2 rings (SSSR count). The molecule has 0 aromatic heterocycles. The average molecular weight is 485 g/mol. The van der Waals surface area contributed by atoms with Crippen LogP contribution in [0.15, 0.2) is 57.9 Å². The summed E-state index contributed by atoms with van der Waals surface area (Å²) in [5.74, 6) is -1.63. The van der Waals surface area contributed by atoms with Crippen LogP contribution in [-0.2, 0) is 24.2 Å². The van der Waals surface area contributed by atoms with E-state index in [2.05, 4.69) is 21.2 Å².